The van der Waals surface area contributed by atoms with E-state index in [1.54, 1.807) is 0 Å². The van der Waals surface area contributed by atoms with Gasteiger partial charge in [-0.25, -0.2) is 4.79 Å². The van der Waals surface area contributed by atoms with Crippen LogP contribution in [-0.2, 0) is 14.3 Å². The molecule has 4 rings (SSSR count). The van der Waals surface area contributed by atoms with E-state index in [0.717, 1.165) is 28.1 Å². The number of allylic oxidation sites excluding steroid dienone is 3. The summed E-state index contributed by atoms with van der Waals surface area (Å²) in [5.74, 6) is -1.13. The Balaban J connectivity index is 1.82. The van der Waals surface area contributed by atoms with E-state index in [0.29, 0.717) is 17.0 Å². The third kappa shape index (κ3) is 3.68. The third-order valence-electron chi connectivity index (χ3n) is 6.00. The van der Waals surface area contributed by atoms with E-state index in [1.807, 2.05) is 62.4 Å². The summed E-state index contributed by atoms with van der Waals surface area (Å²) in [6.45, 7) is 3.88. The number of halogens is 1. The van der Waals surface area contributed by atoms with Crippen molar-refractivity contribution in [3.05, 3.63) is 93.3 Å². The van der Waals surface area contributed by atoms with E-state index < -0.39 is 11.9 Å². The molecule has 154 valence electrons. The predicted octanol–water partition coefficient (Wildman–Crippen LogP) is 5.04. The Labute approximate surface area is 181 Å². The quantitative estimate of drug-likeness (QED) is 0.705. The fourth-order valence-corrected chi connectivity index (χ4v) is 4.64. The van der Waals surface area contributed by atoms with Crippen molar-refractivity contribution < 1.29 is 14.3 Å². The second kappa shape index (κ2) is 8.11. The van der Waals surface area contributed by atoms with Crippen molar-refractivity contribution in [2.45, 2.75) is 32.1 Å². The second-order valence-corrected chi connectivity index (χ2v) is 8.41. The highest BCUT2D eigenvalue weighted by atomic mass is 35.5. The number of esters is 1. The van der Waals surface area contributed by atoms with Gasteiger partial charge in [0.05, 0.1) is 18.6 Å². The number of rotatable bonds is 3. The van der Waals surface area contributed by atoms with Crippen molar-refractivity contribution in [3.63, 3.8) is 0 Å². The van der Waals surface area contributed by atoms with Gasteiger partial charge in [0.25, 0.3) is 0 Å². The van der Waals surface area contributed by atoms with Crippen LogP contribution in [-0.4, -0.2) is 18.9 Å². The summed E-state index contributed by atoms with van der Waals surface area (Å²) in [6, 6.07) is 15.6. The number of carbonyl (C=O) groups excluding carboxylic acids is 2. The Hall–Kier alpha value is -2.85. The maximum Gasteiger partial charge on any atom is 0.336 e. The minimum absolute atomic E-state index is 0.0281. The Bertz CT molecular complexity index is 1050. The van der Waals surface area contributed by atoms with Gasteiger partial charge in [-0.3, -0.25) is 4.79 Å². The zero-order valence-electron chi connectivity index (χ0n) is 17.2. The van der Waals surface area contributed by atoms with E-state index in [1.165, 1.54) is 7.11 Å². The molecule has 0 amide bonds. The molecule has 0 aromatic heterocycles. The van der Waals surface area contributed by atoms with Crippen molar-refractivity contribution >= 4 is 23.4 Å². The third-order valence-corrected chi connectivity index (χ3v) is 6.26. The second-order valence-electron chi connectivity index (χ2n) is 7.97. The first-order valence-electron chi connectivity index (χ1n) is 10.0. The lowest BCUT2D eigenvalue weighted by Crippen LogP contribution is -2.41. The largest absolute Gasteiger partial charge is 0.466 e. The standard InChI is InChI=1S/C25H24ClNO3/c1-14-4-6-17(7-5-14)23-22(25(29)30-3)15(2)27-20-12-18(13-21(28)24(20)23)16-8-10-19(26)11-9-16/h4-12,18,23-24,27H,13H2,1-3H3. The smallest absolute Gasteiger partial charge is 0.336 e. The summed E-state index contributed by atoms with van der Waals surface area (Å²) in [5.41, 5.74) is 5.20. The number of nitrogens with one attached hydrogen (secondary N) is 1. The lowest BCUT2D eigenvalue weighted by molar-refractivity contribution is -0.136. The summed E-state index contributed by atoms with van der Waals surface area (Å²) in [6.07, 6.45) is 2.50. The molecule has 0 fully saturated rings. The van der Waals surface area contributed by atoms with Crippen molar-refractivity contribution in [2.75, 3.05) is 7.11 Å². The summed E-state index contributed by atoms with van der Waals surface area (Å²) < 4.78 is 5.07. The first-order chi connectivity index (χ1) is 14.4. The molecule has 0 spiro atoms. The predicted molar refractivity (Wildman–Crippen MR) is 117 cm³/mol. The highest BCUT2D eigenvalue weighted by molar-refractivity contribution is 6.30. The molecule has 3 unspecified atom stereocenters. The highest BCUT2D eigenvalue weighted by Gasteiger charge is 2.44. The van der Waals surface area contributed by atoms with E-state index in [9.17, 15) is 9.59 Å². The summed E-state index contributed by atoms with van der Waals surface area (Å²) in [7, 11) is 1.37. The lowest BCUT2D eigenvalue weighted by Gasteiger charge is -2.39. The van der Waals surface area contributed by atoms with Crippen LogP contribution in [0.1, 0.15) is 41.9 Å². The number of carbonyl (C=O) groups is 2. The number of hydrogen-bond donors (Lipinski definition) is 1. The molecule has 3 atom stereocenters. The lowest BCUT2D eigenvalue weighted by atomic mass is 9.68. The molecule has 2 aromatic rings. The Morgan fingerprint density at radius 1 is 1.00 bits per heavy atom. The van der Waals surface area contributed by atoms with Crippen LogP contribution in [0.25, 0.3) is 0 Å². The molecule has 2 aromatic carbocycles. The molecular weight excluding hydrogens is 398 g/mol. The average molecular weight is 422 g/mol. The first-order valence-corrected chi connectivity index (χ1v) is 10.4. The molecule has 1 aliphatic carbocycles. The Kier molecular flexibility index (Phi) is 5.52. The molecule has 1 aliphatic heterocycles. The number of aryl methyl sites for hydroxylation is 1. The fourth-order valence-electron chi connectivity index (χ4n) is 4.51. The van der Waals surface area contributed by atoms with Gasteiger partial charge < -0.3 is 10.1 Å². The molecule has 0 bridgehead atoms. The maximum atomic E-state index is 13.4. The Morgan fingerprint density at radius 3 is 2.27 bits per heavy atom. The van der Waals surface area contributed by atoms with Crippen LogP contribution in [0.3, 0.4) is 0 Å². The van der Waals surface area contributed by atoms with Crippen molar-refractivity contribution in [3.8, 4) is 0 Å². The van der Waals surface area contributed by atoms with Crippen LogP contribution in [0.5, 0.6) is 0 Å². The summed E-state index contributed by atoms with van der Waals surface area (Å²) in [5, 5.41) is 4.00. The van der Waals surface area contributed by atoms with E-state index in [-0.39, 0.29) is 17.6 Å². The van der Waals surface area contributed by atoms with Gasteiger partial charge in [-0.2, -0.15) is 0 Å². The average Bonchev–Trinajstić information content (AvgIpc) is 2.73. The van der Waals surface area contributed by atoms with E-state index in [2.05, 4.69) is 11.4 Å². The van der Waals surface area contributed by atoms with Crippen LogP contribution in [0, 0.1) is 12.8 Å². The van der Waals surface area contributed by atoms with Crippen LogP contribution >= 0.6 is 11.6 Å². The van der Waals surface area contributed by atoms with Gasteiger partial charge in [0.15, 0.2) is 0 Å². The summed E-state index contributed by atoms with van der Waals surface area (Å²) in [4.78, 5) is 26.1. The van der Waals surface area contributed by atoms with Gasteiger partial charge in [0.2, 0.25) is 0 Å². The molecule has 1 N–H and O–H groups in total. The molecule has 2 aliphatic rings. The maximum absolute atomic E-state index is 13.4. The topological polar surface area (TPSA) is 55.4 Å². The Morgan fingerprint density at radius 2 is 1.63 bits per heavy atom. The molecule has 0 saturated heterocycles. The van der Waals surface area contributed by atoms with Gasteiger partial charge in [0.1, 0.15) is 5.78 Å². The number of ketones is 1. The minimum Gasteiger partial charge on any atom is -0.466 e. The van der Waals surface area contributed by atoms with Gasteiger partial charge in [-0.1, -0.05) is 59.6 Å². The molecule has 1 heterocycles. The molecule has 30 heavy (non-hydrogen) atoms. The van der Waals surface area contributed by atoms with Crippen LogP contribution in [0.2, 0.25) is 5.02 Å². The van der Waals surface area contributed by atoms with Gasteiger partial charge in [-0.05, 0) is 37.1 Å². The van der Waals surface area contributed by atoms with Gasteiger partial charge >= 0.3 is 5.97 Å². The number of ether oxygens (including phenoxy) is 1. The summed E-state index contributed by atoms with van der Waals surface area (Å²) >= 11 is 6.02. The molecule has 4 nitrogen and oxygen atoms in total. The number of benzene rings is 2. The highest BCUT2D eigenvalue weighted by Crippen LogP contribution is 2.46. The van der Waals surface area contributed by atoms with E-state index in [4.69, 9.17) is 16.3 Å². The number of methoxy groups -OCH3 is 1. The van der Waals surface area contributed by atoms with Crippen molar-refractivity contribution in [2.24, 2.45) is 5.92 Å². The molecule has 0 radical (unpaired) electrons. The van der Waals surface area contributed by atoms with Crippen LogP contribution in [0.4, 0.5) is 0 Å². The zero-order chi connectivity index (χ0) is 21.4. The first kappa shape index (κ1) is 20.4. The zero-order valence-corrected chi connectivity index (χ0v) is 18.0. The van der Waals surface area contributed by atoms with E-state index >= 15 is 0 Å². The van der Waals surface area contributed by atoms with Gasteiger partial charge in [0, 0.05) is 34.7 Å². The number of hydrogen-bond acceptors (Lipinski definition) is 4. The molecular formula is C25H24ClNO3. The SMILES string of the molecule is COC(=O)C1=C(C)NC2=CC(c3ccc(Cl)cc3)CC(=O)C2C1c1ccc(C)cc1. The molecule has 5 heteroatoms. The number of Topliss-reactive ketones (excluding diaryl/α,β-unsaturated/α-hetero) is 1. The van der Waals surface area contributed by atoms with Crippen LogP contribution in [0.15, 0.2) is 71.6 Å². The normalized spacial score (nSPS) is 23.4. The van der Waals surface area contributed by atoms with Crippen molar-refractivity contribution in [1.29, 1.82) is 0 Å². The number of fused-ring (bicyclic) bond motifs is 1. The monoisotopic (exact) mass is 421 g/mol. The fraction of sp³-hybridized carbons (Fsp3) is 0.280. The minimum atomic E-state index is -0.436. The molecule has 0 saturated carbocycles. The van der Waals surface area contributed by atoms with Crippen molar-refractivity contribution in [1.82, 2.24) is 5.32 Å². The van der Waals surface area contributed by atoms with Gasteiger partial charge in [-0.15, -0.1) is 0 Å². The van der Waals surface area contributed by atoms with Crippen LogP contribution < -0.4 is 5.32 Å².